The van der Waals surface area contributed by atoms with Gasteiger partial charge >= 0.3 is 6.09 Å². The largest absolute Gasteiger partial charge is 0.489 e. The number of carbonyl (C=O) groups is 1. The van der Waals surface area contributed by atoms with Gasteiger partial charge in [0.05, 0.1) is 0 Å². The number of hydrogen-bond acceptors (Lipinski definition) is 5. The molecule has 0 bridgehead atoms. The molecule has 1 fully saturated rings. The minimum Gasteiger partial charge on any atom is -0.489 e. The van der Waals surface area contributed by atoms with Crippen molar-refractivity contribution in [3.05, 3.63) is 65.7 Å². The molecule has 3 rings (SSSR count). The first-order valence-electron chi connectivity index (χ1n) is 10.5. The normalized spacial score (nSPS) is 18.1. The molecule has 0 saturated carbocycles. The quantitative estimate of drug-likeness (QED) is 0.723. The maximum Gasteiger partial charge on any atom is 0.407 e. The number of hydrogen-bond donors (Lipinski definition) is 2. The van der Waals surface area contributed by atoms with E-state index in [-0.39, 0.29) is 18.2 Å². The average molecular weight is 412 g/mol. The fourth-order valence-electron chi connectivity index (χ4n) is 3.69. The molecule has 2 aromatic rings. The van der Waals surface area contributed by atoms with Crippen LogP contribution in [0.5, 0.6) is 5.75 Å². The summed E-state index contributed by atoms with van der Waals surface area (Å²) in [4.78, 5) is 14.4. The number of benzene rings is 2. The molecule has 0 aliphatic carbocycles. The van der Waals surface area contributed by atoms with Crippen LogP contribution < -0.4 is 15.8 Å². The molecule has 2 aromatic carbocycles. The SMILES string of the molecule is CC(C)(C)OC(=O)NC1CCN(C(CN)c2ccc(OCc3ccccc3)cc2)C1. The zero-order chi connectivity index (χ0) is 21.6. The maximum atomic E-state index is 12.0. The average Bonchev–Trinajstić information content (AvgIpc) is 3.15. The topological polar surface area (TPSA) is 76.8 Å². The predicted octanol–water partition coefficient (Wildman–Crippen LogP) is 3.86. The molecular formula is C24H33N3O3. The van der Waals surface area contributed by atoms with Crippen LogP contribution in [0.4, 0.5) is 4.79 Å². The third kappa shape index (κ3) is 6.47. The molecule has 2 unspecified atom stereocenters. The second-order valence-electron chi connectivity index (χ2n) is 8.72. The summed E-state index contributed by atoms with van der Waals surface area (Å²) in [5, 5.41) is 2.97. The van der Waals surface area contributed by atoms with Crippen LogP contribution in [0.15, 0.2) is 54.6 Å². The molecule has 1 aliphatic heterocycles. The van der Waals surface area contributed by atoms with Crippen LogP contribution in [0.25, 0.3) is 0 Å². The number of nitrogens with zero attached hydrogens (tertiary/aromatic N) is 1. The smallest absolute Gasteiger partial charge is 0.407 e. The highest BCUT2D eigenvalue weighted by atomic mass is 16.6. The van der Waals surface area contributed by atoms with Gasteiger partial charge in [0.2, 0.25) is 0 Å². The summed E-state index contributed by atoms with van der Waals surface area (Å²) in [5.74, 6) is 0.837. The third-order valence-electron chi connectivity index (χ3n) is 5.12. The van der Waals surface area contributed by atoms with Crippen LogP contribution in [0.3, 0.4) is 0 Å². The zero-order valence-electron chi connectivity index (χ0n) is 18.1. The molecule has 1 amide bonds. The second-order valence-corrected chi connectivity index (χ2v) is 8.72. The fourth-order valence-corrected chi connectivity index (χ4v) is 3.69. The molecule has 3 N–H and O–H groups in total. The molecule has 2 atom stereocenters. The van der Waals surface area contributed by atoms with E-state index in [4.69, 9.17) is 15.2 Å². The Morgan fingerprint density at radius 1 is 1.17 bits per heavy atom. The summed E-state index contributed by atoms with van der Waals surface area (Å²) in [5.41, 5.74) is 7.90. The van der Waals surface area contributed by atoms with Gasteiger partial charge in [-0.25, -0.2) is 4.79 Å². The van der Waals surface area contributed by atoms with Gasteiger partial charge in [-0.15, -0.1) is 0 Å². The molecule has 0 spiro atoms. The first-order valence-corrected chi connectivity index (χ1v) is 10.5. The Kier molecular flexibility index (Phi) is 7.34. The maximum absolute atomic E-state index is 12.0. The summed E-state index contributed by atoms with van der Waals surface area (Å²) >= 11 is 0. The van der Waals surface area contributed by atoms with E-state index in [1.807, 2.05) is 63.2 Å². The monoisotopic (exact) mass is 411 g/mol. The Bertz CT molecular complexity index is 803. The lowest BCUT2D eigenvalue weighted by atomic mass is 10.1. The van der Waals surface area contributed by atoms with Crippen molar-refractivity contribution in [3.63, 3.8) is 0 Å². The highest BCUT2D eigenvalue weighted by molar-refractivity contribution is 5.68. The highest BCUT2D eigenvalue weighted by Gasteiger charge is 2.30. The number of nitrogens with two attached hydrogens (primary N) is 1. The van der Waals surface area contributed by atoms with Crippen LogP contribution in [0, 0.1) is 0 Å². The lowest BCUT2D eigenvalue weighted by molar-refractivity contribution is 0.0504. The summed E-state index contributed by atoms with van der Waals surface area (Å²) < 4.78 is 11.2. The van der Waals surface area contributed by atoms with Crippen molar-refractivity contribution in [1.29, 1.82) is 0 Å². The summed E-state index contributed by atoms with van der Waals surface area (Å²) in [6.45, 7) is 8.30. The van der Waals surface area contributed by atoms with E-state index in [2.05, 4.69) is 22.3 Å². The van der Waals surface area contributed by atoms with Gasteiger partial charge in [-0.2, -0.15) is 0 Å². The van der Waals surface area contributed by atoms with Crippen molar-refractivity contribution in [2.24, 2.45) is 5.73 Å². The molecule has 162 valence electrons. The zero-order valence-corrected chi connectivity index (χ0v) is 18.1. The standard InChI is InChI=1S/C24H33N3O3/c1-24(2,3)30-23(28)26-20-13-14-27(16-20)22(15-25)19-9-11-21(12-10-19)29-17-18-7-5-4-6-8-18/h4-12,20,22H,13-17,25H2,1-3H3,(H,26,28). The number of ether oxygens (including phenoxy) is 2. The Morgan fingerprint density at radius 2 is 1.87 bits per heavy atom. The van der Waals surface area contributed by atoms with Crippen molar-refractivity contribution in [2.75, 3.05) is 19.6 Å². The predicted molar refractivity (Wildman–Crippen MR) is 118 cm³/mol. The Hall–Kier alpha value is -2.57. The molecule has 6 heteroatoms. The minimum absolute atomic E-state index is 0.0716. The van der Waals surface area contributed by atoms with E-state index in [0.717, 1.165) is 36.4 Å². The fraction of sp³-hybridized carbons (Fsp3) is 0.458. The summed E-state index contributed by atoms with van der Waals surface area (Å²) in [7, 11) is 0. The Morgan fingerprint density at radius 3 is 2.50 bits per heavy atom. The van der Waals surface area contributed by atoms with Crippen molar-refractivity contribution in [1.82, 2.24) is 10.2 Å². The van der Waals surface area contributed by atoms with E-state index < -0.39 is 5.60 Å². The molecule has 1 saturated heterocycles. The van der Waals surface area contributed by atoms with Gasteiger partial charge in [-0.1, -0.05) is 42.5 Å². The molecule has 1 heterocycles. The second kappa shape index (κ2) is 9.96. The van der Waals surface area contributed by atoms with Gasteiger partial charge in [-0.05, 0) is 50.5 Å². The van der Waals surface area contributed by atoms with E-state index in [1.54, 1.807) is 0 Å². The van der Waals surface area contributed by atoms with Gasteiger partial charge < -0.3 is 20.5 Å². The Labute approximate surface area is 179 Å². The molecule has 6 nitrogen and oxygen atoms in total. The van der Waals surface area contributed by atoms with Gasteiger partial charge in [0, 0.05) is 31.7 Å². The van der Waals surface area contributed by atoms with Crippen molar-refractivity contribution in [3.8, 4) is 5.75 Å². The molecule has 1 aliphatic rings. The van der Waals surface area contributed by atoms with Crippen LogP contribution >= 0.6 is 0 Å². The van der Waals surface area contributed by atoms with E-state index in [1.165, 1.54) is 0 Å². The molecule has 0 radical (unpaired) electrons. The van der Waals surface area contributed by atoms with Gasteiger partial charge in [-0.3, -0.25) is 4.90 Å². The lowest BCUT2D eigenvalue weighted by Crippen LogP contribution is -2.41. The van der Waals surface area contributed by atoms with Gasteiger partial charge in [0.25, 0.3) is 0 Å². The number of likely N-dealkylation sites (tertiary alicyclic amines) is 1. The van der Waals surface area contributed by atoms with Crippen LogP contribution in [0.2, 0.25) is 0 Å². The highest BCUT2D eigenvalue weighted by Crippen LogP contribution is 2.26. The van der Waals surface area contributed by atoms with Crippen molar-refractivity contribution < 1.29 is 14.3 Å². The number of amides is 1. The summed E-state index contributed by atoms with van der Waals surface area (Å²) in [6, 6.07) is 18.4. The van der Waals surface area contributed by atoms with Crippen LogP contribution in [-0.2, 0) is 11.3 Å². The van der Waals surface area contributed by atoms with E-state index >= 15 is 0 Å². The first kappa shape index (κ1) is 22.1. The summed E-state index contributed by atoms with van der Waals surface area (Å²) in [6.07, 6.45) is 0.521. The number of nitrogens with one attached hydrogen (secondary N) is 1. The number of alkyl carbamates (subject to hydrolysis) is 1. The molecule has 0 aromatic heterocycles. The number of rotatable bonds is 7. The third-order valence-corrected chi connectivity index (χ3v) is 5.12. The lowest BCUT2D eigenvalue weighted by Gasteiger charge is -2.27. The van der Waals surface area contributed by atoms with E-state index in [9.17, 15) is 4.79 Å². The molecular weight excluding hydrogens is 378 g/mol. The van der Waals surface area contributed by atoms with Crippen LogP contribution in [0.1, 0.15) is 44.4 Å². The van der Waals surface area contributed by atoms with Crippen molar-refractivity contribution in [2.45, 2.75) is 51.5 Å². The number of carbonyl (C=O) groups excluding carboxylic acids is 1. The van der Waals surface area contributed by atoms with Gasteiger partial charge in [0.15, 0.2) is 0 Å². The Balaban J connectivity index is 1.53. The minimum atomic E-state index is -0.494. The van der Waals surface area contributed by atoms with Crippen molar-refractivity contribution >= 4 is 6.09 Å². The molecule has 30 heavy (non-hydrogen) atoms. The van der Waals surface area contributed by atoms with Crippen LogP contribution in [-0.4, -0.2) is 42.3 Å². The van der Waals surface area contributed by atoms with E-state index in [0.29, 0.717) is 13.2 Å². The van der Waals surface area contributed by atoms with Gasteiger partial charge in [0.1, 0.15) is 18.0 Å². The first-order chi connectivity index (χ1) is 14.3.